The first-order valence-electron chi connectivity index (χ1n) is 9.78. The predicted molar refractivity (Wildman–Crippen MR) is 132 cm³/mol. The molecule has 0 unspecified atom stereocenters. The Morgan fingerprint density at radius 1 is 1.16 bits per heavy atom. The van der Waals surface area contributed by atoms with E-state index >= 15 is 0 Å². The van der Waals surface area contributed by atoms with E-state index in [0.29, 0.717) is 10.2 Å². The average molecular weight is 527 g/mol. The number of aromatic nitrogens is 1. The zero-order valence-corrected chi connectivity index (χ0v) is 20.3. The topological polar surface area (TPSA) is 63.6 Å². The lowest BCUT2D eigenvalue weighted by atomic mass is 10.2. The number of anilines is 1. The molecule has 9 heteroatoms. The molecule has 0 radical (unpaired) electrons. The molecule has 0 atom stereocenters. The minimum Gasteiger partial charge on any atom is -0.495 e. The van der Waals surface area contributed by atoms with Gasteiger partial charge < -0.3 is 19.5 Å². The van der Waals surface area contributed by atoms with Crippen LogP contribution in [0.25, 0.3) is 17.1 Å². The molecule has 3 aromatic rings. The van der Waals surface area contributed by atoms with Crippen molar-refractivity contribution >= 4 is 61.0 Å². The molecule has 0 amide bonds. The van der Waals surface area contributed by atoms with E-state index in [-0.39, 0.29) is 23.1 Å². The number of nitrogens with one attached hydrogen (secondary N) is 1. The molecule has 6 nitrogen and oxygen atoms in total. The molecule has 166 valence electrons. The molecule has 1 aromatic heterocycles. The Kier molecular flexibility index (Phi) is 7.69. The quantitative estimate of drug-likeness (QED) is 0.522. The van der Waals surface area contributed by atoms with Gasteiger partial charge >= 0.3 is 0 Å². The second kappa shape index (κ2) is 10.1. The van der Waals surface area contributed by atoms with Gasteiger partial charge in [-0.3, -0.25) is 0 Å². The zero-order chi connectivity index (χ0) is 21.1. The summed E-state index contributed by atoms with van der Waals surface area (Å²) < 4.78 is 33.6. The van der Waals surface area contributed by atoms with Crippen LogP contribution in [0.1, 0.15) is 0 Å². The van der Waals surface area contributed by atoms with Gasteiger partial charge in [0.05, 0.1) is 18.4 Å². The van der Waals surface area contributed by atoms with Gasteiger partial charge in [-0.05, 0) is 36.4 Å². The van der Waals surface area contributed by atoms with Gasteiger partial charge in [0, 0.05) is 54.1 Å². The molecule has 4 rings (SSSR count). The van der Waals surface area contributed by atoms with E-state index in [0.717, 1.165) is 31.7 Å². The van der Waals surface area contributed by atoms with Crippen molar-refractivity contribution in [2.75, 3.05) is 43.9 Å². The van der Waals surface area contributed by atoms with Crippen LogP contribution in [0.5, 0.6) is 5.75 Å². The third kappa shape index (κ3) is 5.09. The SMILES string of the molecule is COc1ccc(Br)cc1S(=O)(=O)CC=Cn1ccc2c(N3CCNCC3)cccc21.Cl. The van der Waals surface area contributed by atoms with E-state index in [2.05, 4.69) is 44.3 Å². The predicted octanol–water partition coefficient (Wildman–Crippen LogP) is 4.19. The highest BCUT2D eigenvalue weighted by Gasteiger charge is 2.19. The van der Waals surface area contributed by atoms with E-state index in [1.165, 1.54) is 18.2 Å². The summed E-state index contributed by atoms with van der Waals surface area (Å²) in [5.74, 6) is 0.232. The van der Waals surface area contributed by atoms with Gasteiger partial charge in [-0.1, -0.05) is 28.1 Å². The number of hydrogen-bond acceptors (Lipinski definition) is 5. The number of benzene rings is 2. The van der Waals surface area contributed by atoms with Crippen LogP contribution in [-0.4, -0.2) is 52.0 Å². The first-order valence-corrected chi connectivity index (χ1v) is 12.2. The Hall–Kier alpha value is -2.00. The van der Waals surface area contributed by atoms with E-state index < -0.39 is 9.84 Å². The molecule has 1 saturated heterocycles. The monoisotopic (exact) mass is 525 g/mol. The van der Waals surface area contributed by atoms with Crippen molar-refractivity contribution in [3.8, 4) is 5.75 Å². The van der Waals surface area contributed by atoms with Crippen LogP contribution in [0.3, 0.4) is 0 Å². The van der Waals surface area contributed by atoms with E-state index in [4.69, 9.17) is 4.74 Å². The maximum absolute atomic E-state index is 12.8. The normalized spacial score (nSPS) is 14.7. The van der Waals surface area contributed by atoms with Crippen molar-refractivity contribution in [1.82, 2.24) is 9.88 Å². The Labute approximate surface area is 197 Å². The Morgan fingerprint density at radius 3 is 2.68 bits per heavy atom. The van der Waals surface area contributed by atoms with E-state index in [9.17, 15) is 8.42 Å². The Morgan fingerprint density at radius 2 is 1.94 bits per heavy atom. The summed E-state index contributed by atoms with van der Waals surface area (Å²) in [6.45, 7) is 3.92. The Balaban J connectivity index is 0.00000272. The average Bonchev–Trinajstić information content (AvgIpc) is 3.17. The number of nitrogens with zero attached hydrogens (tertiary/aromatic N) is 2. The number of fused-ring (bicyclic) bond motifs is 1. The van der Waals surface area contributed by atoms with Gasteiger partial charge in [0.25, 0.3) is 0 Å². The standard InChI is InChI=1S/C22H24BrN3O3S.ClH/c1-29-21-7-6-17(23)16-22(21)30(27,28)15-3-11-25-12-8-18-19(25)4-2-5-20(18)26-13-9-24-10-14-26;/h2-8,11-12,16,24H,9-10,13-15H2,1H3;1H. The van der Waals surface area contributed by atoms with Gasteiger partial charge in [-0.2, -0.15) is 0 Å². The summed E-state index contributed by atoms with van der Waals surface area (Å²) in [5, 5.41) is 4.55. The molecular weight excluding hydrogens is 502 g/mol. The fourth-order valence-electron chi connectivity index (χ4n) is 3.75. The van der Waals surface area contributed by atoms with Crippen molar-refractivity contribution < 1.29 is 13.2 Å². The van der Waals surface area contributed by atoms with Crippen LogP contribution in [0, 0.1) is 0 Å². The zero-order valence-electron chi connectivity index (χ0n) is 17.1. The van der Waals surface area contributed by atoms with Gasteiger partial charge in [-0.15, -0.1) is 12.4 Å². The van der Waals surface area contributed by atoms with Crippen molar-refractivity contribution in [3.63, 3.8) is 0 Å². The lowest BCUT2D eigenvalue weighted by molar-refractivity contribution is 0.402. The van der Waals surface area contributed by atoms with Crippen LogP contribution in [0.2, 0.25) is 0 Å². The highest BCUT2D eigenvalue weighted by atomic mass is 79.9. The number of halogens is 2. The number of sulfone groups is 1. The molecule has 2 heterocycles. The lowest BCUT2D eigenvalue weighted by Gasteiger charge is -2.30. The maximum atomic E-state index is 12.8. The maximum Gasteiger partial charge on any atom is 0.185 e. The molecule has 0 aliphatic carbocycles. The molecular formula is C22H25BrClN3O3S. The van der Waals surface area contributed by atoms with Crippen LogP contribution >= 0.6 is 28.3 Å². The van der Waals surface area contributed by atoms with Crippen LogP contribution < -0.4 is 15.0 Å². The largest absolute Gasteiger partial charge is 0.495 e. The molecule has 31 heavy (non-hydrogen) atoms. The Bertz CT molecular complexity index is 1190. The molecule has 0 bridgehead atoms. The first kappa shape index (κ1) is 23.7. The minimum atomic E-state index is -3.53. The van der Waals surface area contributed by atoms with Crippen molar-refractivity contribution in [2.45, 2.75) is 4.90 Å². The highest BCUT2D eigenvalue weighted by Crippen LogP contribution is 2.30. The fourth-order valence-corrected chi connectivity index (χ4v) is 5.55. The summed E-state index contributed by atoms with van der Waals surface area (Å²) in [4.78, 5) is 2.57. The molecule has 0 spiro atoms. The molecule has 2 aromatic carbocycles. The van der Waals surface area contributed by atoms with Gasteiger partial charge in [0.1, 0.15) is 10.6 Å². The van der Waals surface area contributed by atoms with Crippen LogP contribution in [0.15, 0.2) is 64.1 Å². The summed E-state index contributed by atoms with van der Waals surface area (Å²) >= 11 is 3.33. The van der Waals surface area contributed by atoms with Gasteiger partial charge in [-0.25, -0.2) is 8.42 Å². The number of rotatable bonds is 6. The second-order valence-electron chi connectivity index (χ2n) is 7.13. The third-order valence-corrected chi connectivity index (χ3v) is 7.35. The lowest BCUT2D eigenvalue weighted by Crippen LogP contribution is -2.43. The van der Waals surface area contributed by atoms with Crippen LogP contribution in [0.4, 0.5) is 5.69 Å². The summed E-state index contributed by atoms with van der Waals surface area (Å²) in [6.07, 6.45) is 5.46. The first-order chi connectivity index (χ1) is 14.5. The smallest absolute Gasteiger partial charge is 0.185 e. The van der Waals surface area contributed by atoms with Crippen molar-refractivity contribution in [3.05, 3.63) is 59.2 Å². The molecule has 1 aliphatic heterocycles. The number of methoxy groups -OCH3 is 1. The molecule has 0 saturated carbocycles. The summed E-state index contributed by atoms with van der Waals surface area (Å²) in [6, 6.07) is 13.3. The van der Waals surface area contributed by atoms with Gasteiger partial charge in [0.15, 0.2) is 9.84 Å². The number of piperazine rings is 1. The van der Waals surface area contributed by atoms with Crippen molar-refractivity contribution in [1.29, 1.82) is 0 Å². The van der Waals surface area contributed by atoms with E-state index in [1.54, 1.807) is 24.3 Å². The van der Waals surface area contributed by atoms with E-state index in [1.807, 2.05) is 23.0 Å². The second-order valence-corrected chi connectivity index (χ2v) is 10.0. The number of hydrogen-bond donors (Lipinski definition) is 1. The number of ether oxygens (including phenoxy) is 1. The van der Waals surface area contributed by atoms with Crippen molar-refractivity contribution in [2.24, 2.45) is 0 Å². The molecule has 1 aliphatic rings. The fraction of sp³-hybridized carbons (Fsp3) is 0.273. The van der Waals surface area contributed by atoms with Gasteiger partial charge in [0.2, 0.25) is 0 Å². The summed E-state index contributed by atoms with van der Waals surface area (Å²) in [5.41, 5.74) is 2.27. The summed E-state index contributed by atoms with van der Waals surface area (Å²) in [7, 11) is -2.06. The molecule has 1 N–H and O–H groups in total. The molecule has 1 fully saturated rings. The van der Waals surface area contributed by atoms with Crippen LogP contribution in [-0.2, 0) is 9.84 Å². The highest BCUT2D eigenvalue weighted by molar-refractivity contribution is 9.10. The third-order valence-electron chi connectivity index (χ3n) is 5.24. The minimum absolute atomic E-state index is 0.